The molecule has 0 spiro atoms. The van der Waals surface area contributed by atoms with Crippen molar-refractivity contribution in [2.75, 3.05) is 39.3 Å². The molecule has 18 heteroatoms. The van der Waals surface area contributed by atoms with Crippen LogP contribution in [-0.2, 0) is 0 Å². The molecule has 0 amide bonds. The van der Waals surface area contributed by atoms with Gasteiger partial charge in [0, 0.05) is 111 Å². The molecule has 0 aliphatic rings. The van der Waals surface area contributed by atoms with Crippen molar-refractivity contribution < 1.29 is 0 Å². The second kappa shape index (κ2) is 68.8. The molecule has 0 aliphatic carbocycles. The Hall–Kier alpha value is -15.3. The Morgan fingerprint density at radius 3 is 0.924 bits per heavy atom. The second-order valence-corrected chi connectivity index (χ2v) is 29.5. The van der Waals surface area contributed by atoms with Gasteiger partial charge in [0.05, 0.1) is 85.9 Å². The number of nitrogens with one attached hydrogen (secondary N) is 6. The van der Waals surface area contributed by atoms with E-state index in [1.54, 1.807) is 43.4 Å². The Labute approximate surface area is 786 Å². The summed E-state index contributed by atoms with van der Waals surface area (Å²) in [6.07, 6.45) is 42.8. The van der Waals surface area contributed by atoms with Crippen LogP contribution in [0.1, 0.15) is 177 Å². The molecule has 0 unspecified atom stereocenters. The van der Waals surface area contributed by atoms with Crippen LogP contribution >= 0.6 is 0 Å². The van der Waals surface area contributed by atoms with Crippen LogP contribution in [0.5, 0.6) is 0 Å². The third kappa shape index (κ3) is 47.0. The number of pyridine rings is 9. The molecule has 0 radical (unpaired) electrons. The summed E-state index contributed by atoms with van der Waals surface area (Å²) in [7, 11) is 0. The Morgan fingerprint density at radius 1 is 0.265 bits per heavy atom. The van der Waals surface area contributed by atoms with E-state index in [9.17, 15) is 0 Å². The van der Waals surface area contributed by atoms with E-state index < -0.39 is 0 Å². The molecule has 14 aromatic rings. The van der Waals surface area contributed by atoms with Crippen molar-refractivity contribution in [3.8, 4) is 0 Å². The third-order valence-corrected chi connectivity index (χ3v) is 18.3. The van der Waals surface area contributed by atoms with E-state index in [-0.39, 0.29) is 0 Å². The van der Waals surface area contributed by atoms with Gasteiger partial charge in [-0.2, -0.15) is 0 Å². The van der Waals surface area contributed by atoms with E-state index in [2.05, 4.69) is 185 Å². The molecule has 9 aromatic heterocycles. The van der Waals surface area contributed by atoms with Crippen LogP contribution in [0.25, 0.3) is 36.0 Å². The topological polar surface area (TPSA) is 225 Å². The molecule has 0 atom stereocenters. The first-order chi connectivity index (χ1) is 64.8. The smallest absolute Gasteiger partial charge is 0.0965 e. The maximum Gasteiger partial charge on any atom is 0.0965 e. The lowest BCUT2D eigenvalue weighted by Gasteiger charge is -2.08. The normalized spacial score (nSPS) is 10.9. The van der Waals surface area contributed by atoms with Crippen LogP contribution in [0.4, 0.5) is 17.1 Å². The van der Waals surface area contributed by atoms with Crippen molar-refractivity contribution >= 4 is 70.7 Å². The largest absolute Gasteiger partial charge is 0.391 e. The summed E-state index contributed by atoms with van der Waals surface area (Å²) in [5.41, 5.74) is 22.4. The summed E-state index contributed by atoms with van der Waals surface area (Å²) in [4.78, 5) is 52.3. The van der Waals surface area contributed by atoms with E-state index in [1.165, 1.54) is 16.7 Å². The molecule has 0 saturated heterocycles. The van der Waals surface area contributed by atoms with Gasteiger partial charge in [-0.1, -0.05) is 211 Å². The summed E-state index contributed by atoms with van der Waals surface area (Å²) in [5.74, 6) is 0. The molecule has 14 rings (SSSR count). The van der Waals surface area contributed by atoms with E-state index in [1.807, 2.05) is 356 Å². The van der Waals surface area contributed by atoms with Gasteiger partial charge in [0.25, 0.3) is 0 Å². The van der Waals surface area contributed by atoms with Crippen molar-refractivity contribution in [1.82, 2.24) is 76.8 Å². The van der Waals surface area contributed by atoms with Crippen molar-refractivity contribution in [2.24, 2.45) is 15.0 Å². The average Bonchev–Trinajstić information content (AvgIpc) is 0.818. The quantitative estimate of drug-likeness (QED) is 0.0170. The van der Waals surface area contributed by atoms with Gasteiger partial charge >= 0.3 is 0 Å². The van der Waals surface area contributed by atoms with E-state index >= 15 is 0 Å². The molecule has 9 heterocycles. The van der Waals surface area contributed by atoms with E-state index in [0.717, 1.165) is 186 Å². The molecule has 0 saturated carbocycles. The van der Waals surface area contributed by atoms with Crippen molar-refractivity contribution in [3.05, 3.63) is 468 Å². The summed E-state index contributed by atoms with van der Waals surface area (Å²) < 4.78 is 0. The Balaban J connectivity index is 0.000000230. The number of aromatic nitrogens is 9. The zero-order valence-corrected chi connectivity index (χ0v) is 79.1. The Bertz CT molecular complexity index is 5330. The van der Waals surface area contributed by atoms with Gasteiger partial charge in [-0.3, -0.25) is 54.8 Å². The number of hydrogen-bond acceptors (Lipinski definition) is 18. The molecule has 0 fully saturated rings. The molecule has 680 valence electrons. The SMILES string of the molecule is CC(=Nc1ccccc1C)c1ccccn1.CCCN/C=C(\c1ccccc1)c1ccccn1.CCCN/C=C/c1cccc(C)n1.CCCN/C=C/c1cccc(C)n1.CCCN/C=C/c1ccccn1.CCCN/C=C/c1ccccn1.CCCN/C=C/c1ccccn1.Cc1ccccc1N=C(c1ccccc1)c1ccccn1.Cc1ccccc1N=Cc1ccccn1. The number of benzene rings is 5. The van der Waals surface area contributed by atoms with Crippen LogP contribution in [-0.4, -0.2) is 102 Å². The second-order valence-electron chi connectivity index (χ2n) is 29.5. The Kier molecular flexibility index (Phi) is 55.0. The maximum atomic E-state index is 4.85. The van der Waals surface area contributed by atoms with Crippen molar-refractivity contribution in [1.29, 1.82) is 0 Å². The fourth-order valence-corrected chi connectivity index (χ4v) is 11.3. The minimum Gasteiger partial charge on any atom is -0.391 e. The van der Waals surface area contributed by atoms with E-state index in [0.29, 0.717) is 0 Å². The van der Waals surface area contributed by atoms with Gasteiger partial charge in [0.1, 0.15) is 0 Å². The van der Waals surface area contributed by atoms with Gasteiger partial charge < -0.3 is 31.9 Å². The molecule has 0 aliphatic heterocycles. The lowest BCUT2D eigenvalue weighted by Crippen LogP contribution is -2.07. The summed E-state index contributed by atoms with van der Waals surface area (Å²) in [6.45, 7) is 31.1. The summed E-state index contributed by atoms with van der Waals surface area (Å²) >= 11 is 0. The molecule has 0 bridgehead atoms. The average molecular weight is 1760 g/mol. The minimum absolute atomic E-state index is 0.876. The summed E-state index contributed by atoms with van der Waals surface area (Å²) in [5, 5.41) is 19.2. The van der Waals surface area contributed by atoms with Gasteiger partial charge in [-0.25, -0.2) is 4.99 Å². The maximum absolute atomic E-state index is 4.85. The molecule has 6 N–H and O–H groups in total. The first-order valence-corrected chi connectivity index (χ1v) is 45.5. The van der Waals surface area contributed by atoms with Crippen molar-refractivity contribution in [3.63, 3.8) is 0 Å². The Morgan fingerprint density at radius 2 is 0.568 bits per heavy atom. The van der Waals surface area contributed by atoms with Gasteiger partial charge in [0.2, 0.25) is 0 Å². The number of para-hydroxylation sites is 3. The molecule has 18 nitrogen and oxygen atoms in total. The van der Waals surface area contributed by atoms with Crippen LogP contribution in [0.15, 0.2) is 393 Å². The highest BCUT2D eigenvalue weighted by Crippen LogP contribution is 2.24. The predicted octanol–water partition coefficient (Wildman–Crippen LogP) is 25.6. The number of nitrogens with zero attached hydrogens (tertiary/aromatic N) is 12. The predicted molar refractivity (Wildman–Crippen MR) is 560 cm³/mol. The first-order valence-electron chi connectivity index (χ1n) is 45.5. The third-order valence-electron chi connectivity index (χ3n) is 18.3. The van der Waals surface area contributed by atoms with Crippen molar-refractivity contribution in [2.45, 2.75) is 122 Å². The number of aryl methyl sites for hydroxylation is 5. The first kappa shape index (κ1) is 105. The fraction of sp³-hybridized carbons (Fsp3) is 0.211. The standard InChI is InChI=1S/C19H16N2.C16H18N2.C14H14N2.C13H12N2.2C11H16N2.3C10H14N2/c1-15-9-5-6-12-17(15)21-19(16-10-3-2-4-11-16)18-13-7-8-14-20-18;1-2-11-17-13-15(14-8-4-3-5-9-14)16-10-6-7-12-18-16;1-11-7-3-4-8-13(11)16-12(2)14-9-5-6-10-15-14;1-11-6-2-3-8-13(11)15-10-12-7-4-5-9-14-12;2*1-3-8-12-9-7-11-6-4-5-10(2)13-11;3*1-2-7-11-9-6-10-5-3-4-8-12-10/h2-14H,1H3;3-10,12-13,17H,2,11H2,1H3;3-10H,1-2H3;2-10H,1H3;2*4-7,9,12H,3,8H2,1-2H3;3*3-6,8-9,11H,2,7H2,1H3/b;15-13+;;;2*9-7+;3*9-6+. The van der Waals surface area contributed by atoms with E-state index in [4.69, 9.17) is 4.99 Å². The molecular weight excluding hydrogens is 1620 g/mol. The highest BCUT2D eigenvalue weighted by Gasteiger charge is 2.10. The van der Waals surface area contributed by atoms with Crippen LogP contribution in [0.3, 0.4) is 0 Å². The zero-order chi connectivity index (χ0) is 94.0. The van der Waals surface area contributed by atoms with Gasteiger partial charge in [0.15, 0.2) is 0 Å². The highest BCUT2D eigenvalue weighted by atomic mass is 14.9. The summed E-state index contributed by atoms with van der Waals surface area (Å²) in [6, 6.07) is 97.9. The number of hydrogen-bond donors (Lipinski definition) is 6. The minimum atomic E-state index is 0.876. The van der Waals surface area contributed by atoms with Crippen LogP contribution in [0.2, 0.25) is 0 Å². The zero-order valence-electron chi connectivity index (χ0n) is 79.1. The molecular formula is C114H134N18. The highest BCUT2D eigenvalue weighted by molar-refractivity contribution is 6.12. The van der Waals surface area contributed by atoms with Gasteiger partial charge in [-0.15, -0.1) is 0 Å². The van der Waals surface area contributed by atoms with Crippen LogP contribution in [0, 0.1) is 34.6 Å². The fourth-order valence-electron chi connectivity index (χ4n) is 11.3. The lowest BCUT2D eigenvalue weighted by atomic mass is 10.0. The van der Waals surface area contributed by atoms with Crippen LogP contribution < -0.4 is 31.9 Å². The number of aliphatic imine (C=N–C) groups is 3. The lowest BCUT2D eigenvalue weighted by molar-refractivity contribution is 0.810. The number of rotatable bonds is 32. The molecule has 5 aromatic carbocycles. The van der Waals surface area contributed by atoms with Gasteiger partial charge in [-0.05, 0) is 291 Å². The molecule has 132 heavy (non-hydrogen) atoms. The monoisotopic (exact) mass is 1760 g/mol.